The number of nitrogens with two attached hydrogens (primary N) is 1. The number of aromatic amines is 2. The maximum absolute atomic E-state index is 11.6. The summed E-state index contributed by atoms with van der Waals surface area (Å²) in [4.78, 5) is 24.4. The van der Waals surface area contributed by atoms with Gasteiger partial charge in [0.1, 0.15) is 0 Å². The van der Waals surface area contributed by atoms with E-state index in [9.17, 15) is 8.53 Å². The number of nitrogen functional groups attached to an aromatic ring is 1. The van der Waals surface area contributed by atoms with Crippen LogP contribution < -0.4 is 15.6 Å². The molecule has 1 aromatic carbocycles. The molecule has 2 heterocycles. The Balaban J connectivity index is 1.89. The molecule has 0 saturated carbocycles. The number of aromatic nitrogens is 4. The topological polar surface area (TPSA) is 183 Å². The van der Waals surface area contributed by atoms with Gasteiger partial charge in [-0.3, -0.25) is 0 Å². The van der Waals surface area contributed by atoms with Gasteiger partial charge in [-0.05, 0) is 0 Å². The Bertz CT molecular complexity index is 1000. The molecule has 118 valence electrons. The molecule has 3 rings (SSSR count). The fraction of sp³-hybridized carbons (Fsp3) is 0. The average Bonchev–Trinajstić information content (AvgIpc) is 2.88. The normalized spacial score (nSPS) is 12.3. The fourth-order valence-electron chi connectivity index (χ4n) is 1.78. The third-order valence-electron chi connectivity index (χ3n) is 2.81. The Morgan fingerprint density at radius 1 is 1.09 bits per heavy atom. The summed E-state index contributed by atoms with van der Waals surface area (Å²) < 4.78 is 29.2. The first-order valence-corrected chi connectivity index (χ1v) is 9.54. The van der Waals surface area contributed by atoms with E-state index in [4.69, 9.17) is 13.9 Å². The van der Waals surface area contributed by atoms with Gasteiger partial charge in [0.15, 0.2) is 0 Å². The van der Waals surface area contributed by atoms with Gasteiger partial charge in [0.2, 0.25) is 0 Å². The van der Waals surface area contributed by atoms with Gasteiger partial charge in [0, 0.05) is 0 Å². The van der Waals surface area contributed by atoms with Crippen molar-refractivity contribution in [1.29, 1.82) is 0 Å². The Morgan fingerprint density at radius 3 is 2.43 bits per heavy atom. The van der Waals surface area contributed by atoms with Crippen molar-refractivity contribution in [3.8, 4) is 0 Å². The summed E-state index contributed by atoms with van der Waals surface area (Å²) >= 11 is -4.91. The van der Waals surface area contributed by atoms with E-state index < -0.39 is 19.7 Å². The first kappa shape index (κ1) is 15.2. The molecule has 0 saturated heterocycles. The summed E-state index contributed by atoms with van der Waals surface area (Å²) in [6, 6.07) is 5.37. The SMILES string of the molecule is Nc1nc2nc(N=Nc3ccc([As](=O)(O)O)cc3)[nH]c2c(=O)[nH]1. The molecule has 23 heavy (non-hydrogen) atoms. The number of anilines is 1. The van der Waals surface area contributed by atoms with Crippen molar-refractivity contribution in [2.45, 2.75) is 0 Å². The number of benzene rings is 1. The molecule has 3 aromatic rings. The second kappa shape index (κ2) is 5.46. The molecule has 6 N–H and O–H groups in total. The van der Waals surface area contributed by atoms with Crippen LogP contribution in [0.1, 0.15) is 0 Å². The molecule has 0 aliphatic heterocycles. The van der Waals surface area contributed by atoms with Crippen molar-refractivity contribution in [3.63, 3.8) is 0 Å². The van der Waals surface area contributed by atoms with E-state index in [0.717, 1.165) is 0 Å². The molecule has 0 bridgehead atoms. The average molecular weight is 379 g/mol. The zero-order valence-corrected chi connectivity index (χ0v) is 13.2. The van der Waals surface area contributed by atoms with Crippen LogP contribution in [0.15, 0.2) is 39.3 Å². The van der Waals surface area contributed by atoms with Gasteiger partial charge in [-0.2, -0.15) is 0 Å². The summed E-state index contributed by atoms with van der Waals surface area (Å²) in [5, 5.41) is 7.67. The van der Waals surface area contributed by atoms with Crippen LogP contribution in [-0.2, 0) is 3.74 Å². The summed E-state index contributed by atoms with van der Waals surface area (Å²) in [5.41, 5.74) is 5.52. The number of H-pyrrole nitrogens is 2. The van der Waals surface area contributed by atoms with E-state index in [1.165, 1.54) is 24.3 Å². The molecule has 0 amide bonds. The van der Waals surface area contributed by atoms with Gasteiger partial charge in [-0.15, -0.1) is 0 Å². The van der Waals surface area contributed by atoms with E-state index in [1.54, 1.807) is 0 Å². The third kappa shape index (κ3) is 3.21. The van der Waals surface area contributed by atoms with E-state index >= 15 is 0 Å². The quantitative estimate of drug-likeness (QED) is 0.291. The van der Waals surface area contributed by atoms with Crippen LogP contribution in [0.2, 0.25) is 0 Å². The predicted octanol–water partition coefficient (Wildman–Crippen LogP) is -0.795. The van der Waals surface area contributed by atoms with E-state index in [1.807, 2.05) is 0 Å². The minimum atomic E-state index is -4.91. The van der Waals surface area contributed by atoms with Crippen LogP contribution in [0, 0.1) is 0 Å². The van der Waals surface area contributed by atoms with Crippen molar-refractivity contribution in [1.82, 2.24) is 19.9 Å². The molecule has 0 spiro atoms. The molecule has 0 radical (unpaired) electrons. The molecule has 0 fully saturated rings. The number of azo groups is 1. The van der Waals surface area contributed by atoms with Crippen molar-refractivity contribution in [2.75, 3.05) is 5.73 Å². The standard InChI is InChI=1S/C11H10AsN7O4/c13-10-15-8-7(9(20)17-10)14-11(16-8)19-18-6-3-1-5(2-4-6)12(21,22)23/h1-4H,(H2,21,22,23)(H4,13,14,15,16,17,20). The van der Waals surface area contributed by atoms with Gasteiger partial charge in [-0.1, -0.05) is 0 Å². The van der Waals surface area contributed by atoms with E-state index in [-0.39, 0.29) is 27.4 Å². The monoisotopic (exact) mass is 379 g/mol. The van der Waals surface area contributed by atoms with Crippen molar-refractivity contribution in [3.05, 3.63) is 34.6 Å². The Hall–Kier alpha value is -2.75. The molecule has 0 aliphatic rings. The van der Waals surface area contributed by atoms with Crippen LogP contribution in [0.3, 0.4) is 0 Å². The Kier molecular flexibility index (Phi) is 3.60. The Labute approximate surface area is 130 Å². The van der Waals surface area contributed by atoms with Gasteiger partial charge >= 0.3 is 130 Å². The van der Waals surface area contributed by atoms with Crippen LogP contribution in [-0.4, -0.2) is 42.3 Å². The molecule has 0 unspecified atom stereocenters. The van der Waals surface area contributed by atoms with Gasteiger partial charge in [0.25, 0.3) is 0 Å². The molecule has 0 aliphatic carbocycles. The van der Waals surface area contributed by atoms with Crippen LogP contribution >= 0.6 is 0 Å². The van der Waals surface area contributed by atoms with E-state index in [2.05, 4.69) is 30.2 Å². The first-order valence-electron chi connectivity index (χ1n) is 6.16. The number of imidazole rings is 1. The van der Waals surface area contributed by atoms with Crippen molar-refractivity contribution >= 4 is 47.3 Å². The minimum absolute atomic E-state index is 0.0479. The maximum atomic E-state index is 11.6. The first-order chi connectivity index (χ1) is 10.8. The Morgan fingerprint density at radius 2 is 1.78 bits per heavy atom. The number of nitrogens with one attached hydrogen (secondary N) is 2. The predicted molar refractivity (Wildman–Crippen MR) is 80.1 cm³/mol. The third-order valence-corrected chi connectivity index (χ3v) is 4.85. The van der Waals surface area contributed by atoms with Gasteiger partial charge in [-0.25, -0.2) is 0 Å². The molecule has 12 heteroatoms. The molecular formula is C11H10AsN7O4. The summed E-state index contributed by atoms with van der Waals surface area (Å²) in [6.45, 7) is 0. The zero-order chi connectivity index (χ0) is 16.6. The summed E-state index contributed by atoms with van der Waals surface area (Å²) in [7, 11) is 0. The summed E-state index contributed by atoms with van der Waals surface area (Å²) in [6.07, 6.45) is 0. The summed E-state index contributed by atoms with van der Waals surface area (Å²) in [5.74, 6) is -0.0147. The van der Waals surface area contributed by atoms with Gasteiger partial charge < -0.3 is 0 Å². The van der Waals surface area contributed by atoms with Crippen LogP contribution in [0.5, 0.6) is 0 Å². The number of fused-ring (bicyclic) bond motifs is 1. The van der Waals surface area contributed by atoms with Crippen LogP contribution in [0.4, 0.5) is 17.6 Å². The molecule has 11 nitrogen and oxygen atoms in total. The molecule has 0 atom stereocenters. The van der Waals surface area contributed by atoms with Crippen molar-refractivity contribution < 1.29 is 11.9 Å². The number of hydrogen-bond donors (Lipinski definition) is 5. The van der Waals surface area contributed by atoms with E-state index in [0.29, 0.717) is 5.69 Å². The second-order valence-electron chi connectivity index (χ2n) is 4.47. The van der Waals surface area contributed by atoms with Gasteiger partial charge in [0.05, 0.1) is 0 Å². The number of hydrogen-bond acceptors (Lipinski definition) is 7. The number of rotatable bonds is 3. The number of nitrogens with zero attached hydrogens (tertiary/aromatic N) is 4. The molecular weight excluding hydrogens is 369 g/mol. The zero-order valence-electron chi connectivity index (χ0n) is 11.3. The fourth-order valence-corrected chi connectivity index (χ4v) is 2.91. The second-order valence-corrected chi connectivity index (χ2v) is 7.84. The van der Waals surface area contributed by atoms with Crippen LogP contribution in [0.25, 0.3) is 11.2 Å². The molecule has 2 aromatic heterocycles. The van der Waals surface area contributed by atoms with Crippen molar-refractivity contribution in [2.24, 2.45) is 10.2 Å².